The molecule has 2 heterocycles. The predicted molar refractivity (Wildman–Crippen MR) is 76.9 cm³/mol. The number of rotatable bonds is 3. The molecule has 0 aromatic carbocycles. The molecular formula is C12H12ClFN2S2. The summed E-state index contributed by atoms with van der Waals surface area (Å²) in [6.45, 7) is 4.13. The zero-order chi connectivity index (χ0) is 13.3. The molecule has 0 N–H and O–H groups in total. The molecule has 2 nitrogen and oxygen atoms in total. The van der Waals surface area contributed by atoms with E-state index >= 15 is 0 Å². The third-order valence-corrected chi connectivity index (χ3v) is 5.08. The molecule has 2 aromatic heterocycles. The molecule has 6 heteroatoms. The zero-order valence-corrected chi connectivity index (χ0v) is 12.4. The van der Waals surface area contributed by atoms with Gasteiger partial charge in [0.25, 0.3) is 0 Å². The average molecular weight is 303 g/mol. The minimum absolute atomic E-state index is 0.0327. The number of hydrogen-bond donors (Lipinski definition) is 1. The molecule has 0 aliphatic carbocycles. The van der Waals surface area contributed by atoms with E-state index in [0.717, 1.165) is 11.1 Å². The Hall–Kier alpha value is -0.650. The fourth-order valence-corrected chi connectivity index (χ4v) is 3.27. The van der Waals surface area contributed by atoms with Gasteiger partial charge in [-0.05, 0) is 12.0 Å². The standard InChI is InChI=1S/C12H12ClFN2S2/c1-6(2)9(17)10-11(13)16-12(18-10)7-3-8(14)5-15-4-7/h3-6,9,17H,1-2H3. The van der Waals surface area contributed by atoms with Crippen LogP contribution in [0.25, 0.3) is 10.6 Å². The van der Waals surface area contributed by atoms with Crippen molar-refractivity contribution in [2.75, 3.05) is 0 Å². The van der Waals surface area contributed by atoms with Gasteiger partial charge in [0.2, 0.25) is 0 Å². The van der Waals surface area contributed by atoms with Crippen LogP contribution in [0.15, 0.2) is 18.5 Å². The molecule has 0 amide bonds. The fourth-order valence-electron chi connectivity index (χ4n) is 1.45. The molecule has 0 bridgehead atoms. The number of nitrogens with zero attached hydrogens (tertiary/aromatic N) is 2. The van der Waals surface area contributed by atoms with Gasteiger partial charge >= 0.3 is 0 Å². The summed E-state index contributed by atoms with van der Waals surface area (Å²) in [4.78, 5) is 8.97. The molecule has 2 aromatic rings. The minimum Gasteiger partial charge on any atom is -0.261 e. The summed E-state index contributed by atoms with van der Waals surface area (Å²) < 4.78 is 13.1. The Morgan fingerprint density at radius 3 is 2.72 bits per heavy atom. The summed E-state index contributed by atoms with van der Waals surface area (Å²) >= 11 is 12.1. The van der Waals surface area contributed by atoms with Crippen molar-refractivity contribution in [3.8, 4) is 10.6 Å². The number of thiol groups is 1. The van der Waals surface area contributed by atoms with Crippen LogP contribution in [0.1, 0.15) is 24.0 Å². The van der Waals surface area contributed by atoms with Crippen molar-refractivity contribution in [3.05, 3.63) is 34.3 Å². The molecule has 0 aliphatic heterocycles. The maximum atomic E-state index is 13.1. The highest BCUT2D eigenvalue weighted by molar-refractivity contribution is 7.80. The van der Waals surface area contributed by atoms with Crippen molar-refractivity contribution in [3.63, 3.8) is 0 Å². The van der Waals surface area contributed by atoms with Crippen LogP contribution in [0.2, 0.25) is 5.15 Å². The van der Waals surface area contributed by atoms with Gasteiger partial charge in [-0.2, -0.15) is 12.6 Å². The molecule has 18 heavy (non-hydrogen) atoms. The van der Waals surface area contributed by atoms with Crippen molar-refractivity contribution in [1.82, 2.24) is 9.97 Å². The van der Waals surface area contributed by atoms with Gasteiger partial charge in [-0.25, -0.2) is 9.37 Å². The van der Waals surface area contributed by atoms with Gasteiger partial charge in [-0.15, -0.1) is 11.3 Å². The maximum Gasteiger partial charge on any atom is 0.145 e. The van der Waals surface area contributed by atoms with Crippen LogP contribution in [0, 0.1) is 11.7 Å². The van der Waals surface area contributed by atoms with Gasteiger partial charge in [0.05, 0.1) is 11.1 Å². The molecule has 1 atom stereocenters. The second-order valence-electron chi connectivity index (χ2n) is 4.25. The summed E-state index contributed by atoms with van der Waals surface area (Å²) in [5, 5.41) is 1.14. The lowest BCUT2D eigenvalue weighted by molar-refractivity contribution is 0.622. The highest BCUT2D eigenvalue weighted by Crippen LogP contribution is 2.40. The lowest BCUT2D eigenvalue weighted by Crippen LogP contribution is -1.97. The Kier molecular flexibility index (Phi) is 4.25. The molecule has 2 rings (SSSR count). The van der Waals surface area contributed by atoms with E-state index in [0.29, 0.717) is 21.6 Å². The van der Waals surface area contributed by atoms with Crippen molar-refractivity contribution in [1.29, 1.82) is 0 Å². The van der Waals surface area contributed by atoms with Gasteiger partial charge in [0.15, 0.2) is 0 Å². The second kappa shape index (κ2) is 5.55. The van der Waals surface area contributed by atoms with Crippen molar-refractivity contribution >= 4 is 35.6 Å². The lowest BCUT2D eigenvalue weighted by atomic mass is 10.1. The van der Waals surface area contributed by atoms with Gasteiger partial charge in [0, 0.05) is 17.0 Å². The smallest absolute Gasteiger partial charge is 0.145 e. The van der Waals surface area contributed by atoms with Crippen LogP contribution in [0.5, 0.6) is 0 Å². The first-order valence-electron chi connectivity index (χ1n) is 5.44. The first kappa shape index (κ1) is 13.8. The first-order valence-corrected chi connectivity index (χ1v) is 7.15. The molecule has 0 radical (unpaired) electrons. The molecular weight excluding hydrogens is 291 g/mol. The highest BCUT2D eigenvalue weighted by atomic mass is 35.5. The van der Waals surface area contributed by atoms with Crippen molar-refractivity contribution < 1.29 is 4.39 Å². The molecule has 0 aliphatic rings. The number of halogens is 2. The SMILES string of the molecule is CC(C)C(S)c1sc(-c2cncc(F)c2)nc1Cl. The van der Waals surface area contributed by atoms with Crippen LogP contribution in [-0.4, -0.2) is 9.97 Å². The van der Waals surface area contributed by atoms with Crippen molar-refractivity contribution in [2.24, 2.45) is 5.92 Å². The van der Waals surface area contributed by atoms with E-state index in [1.54, 1.807) is 6.20 Å². The summed E-state index contributed by atoms with van der Waals surface area (Å²) in [6.07, 6.45) is 2.74. The summed E-state index contributed by atoms with van der Waals surface area (Å²) in [5.41, 5.74) is 0.637. The largest absolute Gasteiger partial charge is 0.261 e. The van der Waals surface area contributed by atoms with E-state index in [1.165, 1.54) is 17.4 Å². The predicted octanol–water partition coefficient (Wildman–Crippen LogP) is 4.62. The third kappa shape index (κ3) is 2.84. The summed E-state index contributed by atoms with van der Waals surface area (Å²) in [6, 6.07) is 1.40. The Morgan fingerprint density at radius 1 is 1.39 bits per heavy atom. The Balaban J connectivity index is 2.40. The molecule has 0 fully saturated rings. The summed E-state index contributed by atoms with van der Waals surface area (Å²) in [7, 11) is 0. The van der Waals surface area contributed by atoms with Crippen molar-refractivity contribution in [2.45, 2.75) is 19.1 Å². The van der Waals surface area contributed by atoms with E-state index in [4.69, 9.17) is 11.6 Å². The van der Waals surface area contributed by atoms with Crippen LogP contribution in [-0.2, 0) is 0 Å². The van der Waals surface area contributed by atoms with Gasteiger partial charge < -0.3 is 0 Å². The number of hydrogen-bond acceptors (Lipinski definition) is 4. The molecule has 1 unspecified atom stereocenters. The van der Waals surface area contributed by atoms with Gasteiger partial charge in [0.1, 0.15) is 16.0 Å². The van der Waals surface area contributed by atoms with Gasteiger partial charge in [-0.3, -0.25) is 4.98 Å². The molecule has 0 spiro atoms. The second-order valence-corrected chi connectivity index (χ2v) is 6.20. The number of pyridine rings is 1. The van der Waals surface area contributed by atoms with E-state index in [1.807, 2.05) is 0 Å². The first-order chi connectivity index (χ1) is 8.49. The van der Waals surface area contributed by atoms with Crippen LogP contribution in [0.4, 0.5) is 4.39 Å². The minimum atomic E-state index is -0.383. The fraction of sp³-hybridized carbons (Fsp3) is 0.333. The Bertz CT molecular complexity index is 557. The average Bonchev–Trinajstić information content (AvgIpc) is 2.70. The van der Waals surface area contributed by atoms with Crippen LogP contribution in [0.3, 0.4) is 0 Å². The molecule has 96 valence electrons. The zero-order valence-electron chi connectivity index (χ0n) is 9.89. The van der Waals surface area contributed by atoms with E-state index in [-0.39, 0.29) is 11.1 Å². The van der Waals surface area contributed by atoms with E-state index in [9.17, 15) is 4.39 Å². The maximum absolute atomic E-state index is 13.1. The quantitative estimate of drug-likeness (QED) is 0.837. The Morgan fingerprint density at radius 2 is 2.11 bits per heavy atom. The van der Waals surface area contributed by atoms with Gasteiger partial charge in [-0.1, -0.05) is 25.4 Å². The monoisotopic (exact) mass is 302 g/mol. The van der Waals surface area contributed by atoms with Crippen LogP contribution >= 0.6 is 35.6 Å². The van der Waals surface area contributed by atoms with Crippen LogP contribution < -0.4 is 0 Å². The normalized spacial score (nSPS) is 13.0. The number of aromatic nitrogens is 2. The Labute approximate surface area is 120 Å². The summed E-state index contributed by atoms with van der Waals surface area (Å²) in [5.74, 6) is -0.0311. The molecule has 0 saturated carbocycles. The highest BCUT2D eigenvalue weighted by Gasteiger charge is 2.20. The number of thiazole rings is 1. The lowest BCUT2D eigenvalue weighted by Gasteiger charge is -2.11. The third-order valence-electron chi connectivity index (χ3n) is 2.46. The van der Waals surface area contributed by atoms with E-state index < -0.39 is 0 Å². The topological polar surface area (TPSA) is 25.8 Å². The molecule has 0 saturated heterocycles. The van der Waals surface area contributed by atoms with E-state index in [2.05, 4.69) is 36.4 Å².